The summed E-state index contributed by atoms with van der Waals surface area (Å²) < 4.78 is 33.3. The summed E-state index contributed by atoms with van der Waals surface area (Å²) in [6, 6.07) is 15.8. The molecule has 2 fully saturated rings. The van der Waals surface area contributed by atoms with Crippen LogP contribution < -0.4 is 5.32 Å². The Morgan fingerprint density at radius 3 is 2.38 bits per heavy atom. The molecule has 2 aliphatic carbocycles. The van der Waals surface area contributed by atoms with Crippen LogP contribution in [0.3, 0.4) is 0 Å². The molecule has 8 heteroatoms. The highest BCUT2D eigenvalue weighted by atomic mass is 32.2. The second-order valence-corrected chi connectivity index (χ2v) is 11.7. The number of anilines is 1. The fraction of sp³-hybridized carbons (Fsp3) is 0.500. The maximum atomic E-state index is 13.1. The summed E-state index contributed by atoms with van der Waals surface area (Å²) in [5.41, 5.74) is 3.35. The Bertz CT molecular complexity index is 1140. The van der Waals surface area contributed by atoms with Crippen molar-refractivity contribution in [3.05, 3.63) is 59.7 Å². The predicted molar refractivity (Wildman–Crippen MR) is 131 cm³/mol. The quantitative estimate of drug-likeness (QED) is 0.651. The van der Waals surface area contributed by atoms with Gasteiger partial charge in [0.2, 0.25) is 15.9 Å². The van der Waals surface area contributed by atoms with Crippen molar-refractivity contribution in [1.29, 1.82) is 0 Å². The topological polar surface area (TPSA) is 79.0 Å². The molecule has 0 spiro atoms. The molecule has 1 amide bonds. The average molecular weight is 484 g/mol. The SMILES string of the molecule is CC1CN(S(=O)(=O)c2ccc(NC(=O)CN(C3CC3)C3CCc4ccccc43)cc2)CC(C)O1. The molecule has 0 radical (unpaired) electrons. The minimum absolute atomic E-state index is 0.0669. The minimum atomic E-state index is -3.60. The van der Waals surface area contributed by atoms with Crippen molar-refractivity contribution in [2.45, 2.75) is 68.7 Å². The minimum Gasteiger partial charge on any atom is -0.373 e. The highest BCUT2D eigenvalue weighted by molar-refractivity contribution is 7.89. The van der Waals surface area contributed by atoms with E-state index >= 15 is 0 Å². The maximum absolute atomic E-state index is 13.1. The number of aryl methyl sites for hydroxylation is 1. The lowest BCUT2D eigenvalue weighted by molar-refractivity contribution is -0.118. The first-order valence-corrected chi connectivity index (χ1v) is 13.6. The average Bonchev–Trinajstić information content (AvgIpc) is 3.56. The summed E-state index contributed by atoms with van der Waals surface area (Å²) in [5.74, 6) is -0.0669. The Morgan fingerprint density at radius 2 is 1.71 bits per heavy atom. The van der Waals surface area contributed by atoms with Gasteiger partial charge in [-0.2, -0.15) is 4.31 Å². The summed E-state index contributed by atoms with van der Waals surface area (Å²) in [5, 5.41) is 2.97. The predicted octanol–water partition coefficient (Wildman–Crippen LogP) is 3.57. The van der Waals surface area contributed by atoms with Crippen molar-refractivity contribution in [3.63, 3.8) is 0 Å². The van der Waals surface area contributed by atoms with E-state index in [4.69, 9.17) is 4.74 Å². The van der Waals surface area contributed by atoms with Gasteiger partial charge in [0.05, 0.1) is 23.6 Å². The van der Waals surface area contributed by atoms with Gasteiger partial charge in [0.1, 0.15) is 0 Å². The molecule has 1 heterocycles. The Morgan fingerprint density at radius 1 is 1.03 bits per heavy atom. The number of sulfonamides is 1. The Labute approximate surface area is 202 Å². The molecule has 3 unspecified atom stereocenters. The van der Waals surface area contributed by atoms with Crippen LogP contribution in [0.1, 0.15) is 50.3 Å². The van der Waals surface area contributed by atoms with E-state index in [1.54, 1.807) is 24.3 Å². The third kappa shape index (κ3) is 4.91. The summed E-state index contributed by atoms with van der Waals surface area (Å²) in [7, 11) is -3.60. The van der Waals surface area contributed by atoms with Gasteiger partial charge in [-0.3, -0.25) is 9.69 Å². The van der Waals surface area contributed by atoms with Gasteiger partial charge < -0.3 is 10.1 Å². The summed E-state index contributed by atoms with van der Waals surface area (Å²) >= 11 is 0. The van der Waals surface area contributed by atoms with Crippen molar-refractivity contribution >= 4 is 21.6 Å². The first kappa shape index (κ1) is 23.5. The summed E-state index contributed by atoms with van der Waals surface area (Å²) in [6.45, 7) is 4.78. The van der Waals surface area contributed by atoms with Gasteiger partial charge in [-0.1, -0.05) is 24.3 Å². The van der Waals surface area contributed by atoms with Crippen LogP contribution in [0, 0.1) is 0 Å². The molecule has 0 aromatic heterocycles. The van der Waals surface area contributed by atoms with Crippen LogP contribution in [0.4, 0.5) is 5.69 Å². The van der Waals surface area contributed by atoms with Crippen LogP contribution in [0.25, 0.3) is 0 Å². The van der Waals surface area contributed by atoms with Gasteiger partial charge >= 0.3 is 0 Å². The molecule has 7 nitrogen and oxygen atoms in total. The molecular formula is C26H33N3O4S. The van der Waals surface area contributed by atoms with E-state index in [0.29, 0.717) is 37.4 Å². The molecule has 3 atom stereocenters. The number of nitrogens with zero attached hydrogens (tertiary/aromatic N) is 2. The third-order valence-corrected chi connectivity index (χ3v) is 8.85. The highest BCUT2D eigenvalue weighted by Gasteiger charge is 2.38. The normalized spacial score (nSPS) is 25.3. The number of nitrogens with one attached hydrogen (secondary N) is 1. The van der Waals surface area contributed by atoms with Crippen molar-refractivity contribution in [1.82, 2.24) is 9.21 Å². The van der Waals surface area contributed by atoms with E-state index in [1.165, 1.54) is 15.4 Å². The fourth-order valence-electron chi connectivity index (χ4n) is 5.33. The number of hydrogen-bond acceptors (Lipinski definition) is 5. The lowest BCUT2D eigenvalue weighted by atomic mass is 10.1. The molecule has 2 aromatic carbocycles. The number of benzene rings is 2. The van der Waals surface area contributed by atoms with E-state index in [1.807, 2.05) is 13.8 Å². The van der Waals surface area contributed by atoms with Gasteiger partial charge in [0.15, 0.2) is 0 Å². The van der Waals surface area contributed by atoms with Crippen LogP contribution in [-0.2, 0) is 26.0 Å². The molecule has 1 N–H and O–H groups in total. The Kier molecular flexibility index (Phi) is 6.50. The van der Waals surface area contributed by atoms with Crippen LogP contribution >= 0.6 is 0 Å². The first-order chi connectivity index (χ1) is 16.3. The number of fused-ring (bicyclic) bond motifs is 1. The van der Waals surface area contributed by atoms with E-state index < -0.39 is 10.0 Å². The van der Waals surface area contributed by atoms with Crippen LogP contribution in [0.2, 0.25) is 0 Å². The van der Waals surface area contributed by atoms with Gasteiger partial charge in [0.25, 0.3) is 0 Å². The van der Waals surface area contributed by atoms with E-state index in [-0.39, 0.29) is 23.0 Å². The molecule has 1 aliphatic heterocycles. The number of carbonyl (C=O) groups is 1. The van der Waals surface area contributed by atoms with E-state index in [9.17, 15) is 13.2 Å². The zero-order chi connectivity index (χ0) is 23.9. The van der Waals surface area contributed by atoms with E-state index in [0.717, 1.165) is 25.7 Å². The molecule has 5 rings (SSSR count). The lowest BCUT2D eigenvalue weighted by Crippen LogP contribution is -2.48. The zero-order valence-corrected chi connectivity index (χ0v) is 20.6. The van der Waals surface area contributed by atoms with E-state index in [2.05, 4.69) is 34.5 Å². The number of carbonyl (C=O) groups excluding carboxylic acids is 1. The second kappa shape index (κ2) is 9.41. The number of hydrogen-bond donors (Lipinski definition) is 1. The maximum Gasteiger partial charge on any atom is 0.243 e. The number of rotatable bonds is 7. The van der Waals surface area contributed by atoms with Crippen molar-refractivity contribution in [2.24, 2.45) is 0 Å². The lowest BCUT2D eigenvalue weighted by Gasteiger charge is -2.34. The van der Waals surface area contributed by atoms with Crippen LogP contribution in [0.15, 0.2) is 53.4 Å². The summed E-state index contributed by atoms with van der Waals surface area (Å²) in [6.07, 6.45) is 4.10. The Balaban J connectivity index is 1.24. The first-order valence-electron chi connectivity index (χ1n) is 12.2. The number of ether oxygens (including phenoxy) is 1. The zero-order valence-electron chi connectivity index (χ0n) is 19.8. The second-order valence-electron chi connectivity index (χ2n) is 9.81. The van der Waals surface area contributed by atoms with Gasteiger partial charge in [0, 0.05) is 30.9 Å². The molecular weight excluding hydrogens is 450 g/mol. The monoisotopic (exact) mass is 483 g/mol. The van der Waals surface area contributed by atoms with Crippen molar-refractivity contribution in [2.75, 3.05) is 25.0 Å². The van der Waals surface area contributed by atoms with Crippen molar-refractivity contribution < 1.29 is 17.9 Å². The highest BCUT2D eigenvalue weighted by Crippen LogP contribution is 2.41. The molecule has 0 bridgehead atoms. The molecule has 182 valence electrons. The number of amides is 1. The largest absolute Gasteiger partial charge is 0.373 e. The standard InChI is InChI=1S/C26H33N3O4S/c1-18-15-28(16-19(2)33-18)34(31,32)23-12-8-21(9-13-23)27-26(30)17-29(22-10-11-22)25-14-7-20-5-3-4-6-24(20)25/h3-6,8-9,12-13,18-19,22,25H,7,10-11,14-17H2,1-2H3,(H,27,30). The number of morpholine rings is 1. The molecule has 1 saturated carbocycles. The molecule has 1 saturated heterocycles. The van der Waals surface area contributed by atoms with Crippen molar-refractivity contribution in [3.8, 4) is 0 Å². The van der Waals surface area contributed by atoms with Gasteiger partial charge in [-0.15, -0.1) is 0 Å². The molecule has 34 heavy (non-hydrogen) atoms. The summed E-state index contributed by atoms with van der Waals surface area (Å²) in [4.78, 5) is 15.5. The van der Waals surface area contributed by atoms with Crippen LogP contribution in [-0.4, -0.2) is 61.4 Å². The van der Waals surface area contributed by atoms with Crippen LogP contribution in [0.5, 0.6) is 0 Å². The smallest absolute Gasteiger partial charge is 0.243 e. The Hall–Kier alpha value is -2.26. The molecule has 3 aliphatic rings. The van der Waals surface area contributed by atoms with Gasteiger partial charge in [-0.05, 0) is 74.9 Å². The van der Waals surface area contributed by atoms with Gasteiger partial charge in [-0.25, -0.2) is 8.42 Å². The fourth-order valence-corrected chi connectivity index (χ4v) is 6.92. The third-order valence-electron chi connectivity index (χ3n) is 7.01. The molecule has 2 aromatic rings.